The Balaban J connectivity index is 1.59. The number of aryl methyl sites for hydroxylation is 1. The van der Waals surface area contributed by atoms with E-state index in [4.69, 9.17) is 10.5 Å². The zero-order valence-electron chi connectivity index (χ0n) is 15.1. The number of rotatable bonds is 4. The molecule has 2 saturated heterocycles. The number of nitrogens with two attached hydrogens (primary N) is 1. The van der Waals surface area contributed by atoms with Gasteiger partial charge in [-0.1, -0.05) is 17.7 Å². The minimum atomic E-state index is -3.52. The Morgan fingerprint density at radius 2 is 1.69 bits per heavy atom. The molecule has 7 nitrogen and oxygen atoms in total. The van der Waals surface area contributed by atoms with Crippen LogP contribution in [0.2, 0.25) is 0 Å². The van der Waals surface area contributed by atoms with Crippen LogP contribution in [0.1, 0.15) is 18.4 Å². The van der Waals surface area contributed by atoms with Gasteiger partial charge in [-0.15, -0.1) is 0 Å². The lowest BCUT2D eigenvalue weighted by Crippen LogP contribution is -2.56. The molecule has 2 heterocycles. The van der Waals surface area contributed by atoms with Crippen molar-refractivity contribution in [2.24, 2.45) is 11.7 Å². The molecular formula is C18H27N3O4S. The average molecular weight is 381 g/mol. The van der Waals surface area contributed by atoms with Crippen LogP contribution in [0.15, 0.2) is 29.2 Å². The summed E-state index contributed by atoms with van der Waals surface area (Å²) in [5.74, 6) is 0.0647. The van der Waals surface area contributed by atoms with Crippen LogP contribution < -0.4 is 5.73 Å². The van der Waals surface area contributed by atoms with Crippen molar-refractivity contribution in [2.45, 2.75) is 30.7 Å². The summed E-state index contributed by atoms with van der Waals surface area (Å²) in [4.78, 5) is 14.6. The first kappa shape index (κ1) is 19.3. The van der Waals surface area contributed by atoms with Gasteiger partial charge in [-0.3, -0.25) is 4.79 Å². The number of carbonyl (C=O) groups excluding carboxylic acids is 1. The molecule has 1 aromatic rings. The molecule has 0 bridgehead atoms. The van der Waals surface area contributed by atoms with Crippen LogP contribution in [0, 0.1) is 12.8 Å². The SMILES string of the molecule is Cc1ccc(S(=O)(=O)N2CCN(C(=O)C(N)C3CCOCC3)CC2)cc1. The lowest BCUT2D eigenvalue weighted by atomic mass is 9.91. The van der Waals surface area contributed by atoms with Gasteiger partial charge in [-0.2, -0.15) is 4.31 Å². The Kier molecular flexibility index (Phi) is 5.96. The molecule has 1 amide bonds. The molecule has 1 aromatic carbocycles. The molecule has 0 saturated carbocycles. The number of carbonyl (C=O) groups is 1. The van der Waals surface area contributed by atoms with E-state index in [1.165, 1.54) is 4.31 Å². The summed E-state index contributed by atoms with van der Waals surface area (Å²) in [6.07, 6.45) is 1.60. The number of nitrogens with zero attached hydrogens (tertiary/aromatic N) is 2. The Bertz CT molecular complexity index is 721. The lowest BCUT2D eigenvalue weighted by molar-refractivity contribution is -0.135. The van der Waals surface area contributed by atoms with Gasteiger partial charge in [-0.25, -0.2) is 8.42 Å². The van der Waals surface area contributed by atoms with Gasteiger partial charge in [0.1, 0.15) is 0 Å². The second kappa shape index (κ2) is 8.04. The first-order valence-corrected chi connectivity index (χ1v) is 10.5. The Hall–Kier alpha value is -1.48. The van der Waals surface area contributed by atoms with E-state index in [1.54, 1.807) is 29.2 Å². The van der Waals surface area contributed by atoms with Gasteiger partial charge in [0.15, 0.2) is 0 Å². The number of benzene rings is 1. The highest BCUT2D eigenvalue weighted by Crippen LogP contribution is 2.21. The quantitative estimate of drug-likeness (QED) is 0.824. The molecule has 0 aliphatic carbocycles. The number of hydrogen-bond donors (Lipinski definition) is 1. The molecule has 0 radical (unpaired) electrons. The van der Waals surface area contributed by atoms with E-state index in [-0.39, 0.29) is 11.8 Å². The summed E-state index contributed by atoms with van der Waals surface area (Å²) in [5.41, 5.74) is 7.19. The molecule has 2 N–H and O–H groups in total. The second-order valence-electron chi connectivity index (χ2n) is 7.02. The summed E-state index contributed by atoms with van der Waals surface area (Å²) in [5, 5.41) is 0. The highest BCUT2D eigenvalue weighted by molar-refractivity contribution is 7.89. The van der Waals surface area contributed by atoms with Crippen molar-refractivity contribution in [3.8, 4) is 0 Å². The van der Waals surface area contributed by atoms with E-state index in [2.05, 4.69) is 0 Å². The van der Waals surface area contributed by atoms with Crippen molar-refractivity contribution >= 4 is 15.9 Å². The highest BCUT2D eigenvalue weighted by Gasteiger charge is 2.34. The Morgan fingerprint density at radius 3 is 2.27 bits per heavy atom. The van der Waals surface area contributed by atoms with E-state index < -0.39 is 16.1 Å². The Labute approximate surface area is 155 Å². The Morgan fingerprint density at radius 1 is 1.12 bits per heavy atom. The third-order valence-corrected chi connectivity index (χ3v) is 7.18. The fourth-order valence-corrected chi connectivity index (χ4v) is 4.92. The largest absolute Gasteiger partial charge is 0.381 e. The van der Waals surface area contributed by atoms with E-state index in [1.807, 2.05) is 6.92 Å². The standard InChI is InChI=1S/C18H27N3O4S/c1-14-2-4-16(5-3-14)26(23,24)21-10-8-20(9-11-21)18(22)17(19)15-6-12-25-13-7-15/h2-5,15,17H,6-13,19H2,1H3. The van der Waals surface area contributed by atoms with Crippen LogP contribution in [0.5, 0.6) is 0 Å². The summed E-state index contributed by atoms with van der Waals surface area (Å²) in [7, 11) is -3.52. The van der Waals surface area contributed by atoms with E-state index in [0.29, 0.717) is 44.3 Å². The van der Waals surface area contributed by atoms with Crippen molar-refractivity contribution in [2.75, 3.05) is 39.4 Å². The van der Waals surface area contributed by atoms with Crippen molar-refractivity contribution in [1.29, 1.82) is 0 Å². The monoisotopic (exact) mass is 381 g/mol. The van der Waals surface area contributed by atoms with Gasteiger partial charge in [0.05, 0.1) is 10.9 Å². The predicted octanol–water partition coefficient (Wildman–Crippen LogP) is 0.582. The number of piperazine rings is 1. The number of amides is 1. The maximum Gasteiger partial charge on any atom is 0.243 e. The smallest absolute Gasteiger partial charge is 0.243 e. The third kappa shape index (κ3) is 4.09. The molecule has 26 heavy (non-hydrogen) atoms. The molecule has 0 aromatic heterocycles. The number of sulfonamides is 1. The van der Waals surface area contributed by atoms with Crippen LogP contribution in [-0.2, 0) is 19.6 Å². The fraction of sp³-hybridized carbons (Fsp3) is 0.611. The molecule has 3 rings (SSSR count). The molecular weight excluding hydrogens is 354 g/mol. The molecule has 2 aliphatic heterocycles. The summed E-state index contributed by atoms with van der Waals surface area (Å²) in [6, 6.07) is 6.31. The molecule has 144 valence electrons. The van der Waals surface area contributed by atoms with Crippen LogP contribution in [-0.4, -0.2) is 69.0 Å². The number of ether oxygens (including phenoxy) is 1. The van der Waals surface area contributed by atoms with Crippen molar-refractivity contribution < 1.29 is 17.9 Å². The van der Waals surface area contributed by atoms with Crippen molar-refractivity contribution in [1.82, 2.24) is 9.21 Å². The zero-order valence-corrected chi connectivity index (χ0v) is 16.0. The predicted molar refractivity (Wildman–Crippen MR) is 98.0 cm³/mol. The van der Waals surface area contributed by atoms with E-state index >= 15 is 0 Å². The maximum atomic E-state index is 12.7. The van der Waals surface area contributed by atoms with Crippen LogP contribution in [0.3, 0.4) is 0 Å². The first-order valence-electron chi connectivity index (χ1n) is 9.08. The molecule has 0 spiro atoms. The van der Waals surface area contributed by atoms with Gasteiger partial charge in [0, 0.05) is 39.4 Å². The molecule has 2 aliphatic rings. The first-order chi connectivity index (χ1) is 12.4. The van der Waals surface area contributed by atoms with Gasteiger partial charge in [0.25, 0.3) is 0 Å². The summed E-state index contributed by atoms with van der Waals surface area (Å²) in [6.45, 7) is 4.55. The summed E-state index contributed by atoms with van der Waals surface area (Å²) >= 11 is 0. The van der Waals surface area contributed by atoms with E-state index in [9.17, 15) is 13.2 Å². The number of hydrogen-bond acceptors (Lipinski definition) is 5. The van der Waals surface area contributed by atoms with Gasteiger partial charge >= 0.3 is 0 Å². The maximum absolute atomic E-state index is 12.7. The molecule has 2 fully saturated rings. The average Bonchev–Trinajstić information content (AvgIpc) is 2.68. The second-order valence-corrected chi connectivity index (χ2v) is 8.96. The molecule has 1 atom stereocenters. The third-order valence-electron chi connectivity index (χ3n) is 5.27. The topological polar surface area (TPSA) is 92.9 Å². The zero-order chi connectivity index (χ0) is 18.7. The summed E-state index contributed by atoms with van der Waals surface area (Å²) < 4.78 is 32.2. The van der Waals surface area contributed by atoms with Gasteiger partial charge < -0.3 is 15.4 Å². The van der Waals surface area contributed by atoms with Gasteiger partial charge in [0.2, 0.25) is 15.9 Å². The van der Waals surface area contributed by atoms with Crippen LogP contribution >= 0.6 is 0 Å². The highest BCUT2D eigenvalue weighted by atomic mass is 32.2. The van der Waals surface area contributed by atoms with Crippen LogP contribution in [0.4, 0.5) is 0 Å². The van der Waals surface area contributed by atoms with E-state index in [0.717, 1.165) is 18.4 Å². The minimum Gasteiger partial charge on any atom is -0.381 e. The normalized spacial score (nSPS) is 21.5. The fourth-order valence-electron chi connectivity index (χ4n) is 3.50. The van der Waals surface area contributed by atoms with Crippen molar-refractivity contribution in [3.05, 3.63) is 29.8 Å². The van der Waals surface area contributed by atoms with Crippen LogP contribution in [0.25, 0.3) is 0 Å². The molecule has 1 unspecified atom stereocenters. The molecule has 8 heteroatoms. The van der Waals surface area contributed by atoms with Gasteiger partial charge in [-0.05, 0) is 37.8 Å². The minimum absolute atomic E-state index is 0.0794. The van der Waals surface area contributed by atoms with Crippen molar-refractivity contribution in [3.63, 3.8) is 0 Å². The lowest BCUT2D eigenvalue weighted by Gasteiger charge is -2.37.